The fourth-order valence-electron chi connectivity index (χ4n) is 10.0. The summed E-state index contributed by atoms with van der Waals surface area (Å²) in [6, 6.07) is 55.0. The van der Waals surface area contributed by atoms with Crippen LogP contribution in [0.1, 0.15) is 28.6 Å². The van der Waals surface area contributed by atoms with Crippen molar-refractivity contribution < 1.29 is 14.0 Å². The topological polar surface area (TPSA) is 26.8 Å². The van der Waals surface area contributed by atoms with Crippen LogP contribution in [-0.2, 0) is 7.05 Å². The van der Waals surface area contributed by atoms with Crippen LogP contribution < -0.4 is 14.0 Å². The molecule has 0 fully saturated rings. The van der Waals surface area contributed by atoms with Crippen molar-refractivity contribution in [2.75, 3.05) is 0 Å². The summed E-state index contributed by atoms with van der Waals surface area (Å²) >= 11 is 0. The zero-order valence-electron chi connectivity index (χ0n) is 30.8. The number of benzene rings is 7. The Hall–Kier alpha value is -6.98. The highest BCUT2D eigenvalue weighted by Gasteiger charge is 2.50. The van der Waals surface area contributed by atoms with E-state index >= 15 is 0 Å². The Morgan fingerprint density at radius 3 is 1.95 bits per heavy atom. The molecule has 5 nitrogen and oxygen atoms in total. The third-order valence-corrected chi connectivity index (χ3v) is 12.2. The normalized spacial score (nSPS) is 14.1. The predicted octanol–water partition coefficient (Wildman–Crippen LogP) is 11.0. The van der Waals surface area contributed by atoms with Crippen LogP contribution in [0.15, 0.2) is 158 Å². The molecule has 0 amide bonds. The molecule has 0 bridgehead atoms. The average Bonchev–Trinajstić information content (AvgIpc) is 3.84. The minimum Gasteiger partial charge on any atom is -0.456 e. The highest BCUT2D eigenvalue weighted by Crippen LogP contribution is 2.52. The molecule has 0 saturated carbocycles. The molecule has 3 aromatic heterocycles. The second-order valence-electron chi connectivity index (χ2n) is 15.0. The van der Waals surface area contributed by atoms with Crippen LogP contribution in [0.25, 0.3) is 77.1 Å². The van der Waals surface area contributed by atoms with E-state index in [-0.39, 0.29) is 6.04 Å². The third kappa shape index (κ3) is 3.97. The fraction of sp³-hybridized carbons (Fsp3) is 0.0800. The number of para-hydroxylation sites is 1. The monoisotopic (exact) mass is 708 g/mol. The van der Waals surface area contributed by atoms with Crippen LogP contribution in [0, 0.1) is 13.8 Å². The van der Waals surface area contributed by atoms with Crippen molar-refractivity contribution in [3.8, 4) is 45.1 Å². The van der Waals surface area contributed by atoms with Gasteiger partial charge in [-0.25, -0.2) is 4.57 Å². The first-order valence-corrected chi connectivity index (χ1v) is 19.0. The van der Waals surface area contributed by atoms with E-state index in [0.29, 0.717) is 0 Å². The lowest BCUT2D eigenvalue weighted by atomic mass is 9.89. The molecule has 0 spiro atoms. The van der Waals surface area contributed by atoms with Crippen LogP contribution in [0.2, 0.25) is 0 Å². The van der Waals surface area contributed by atoms with E-state index < -0.39 is 0 Å². The molecule has 5 heterocycles. The van der Waals surface area contributed by atoms with Crippen molar-refractivity contribution in [1.29, 1.82) is 0 Å². The van der Waals surface area contributed by atoms with E-state index in [9.17, 15) is 0 Å². The van der Waals surface area contributed by atoms with Crippen molar-refractivity contribution in [2.45, 2.75) is 19.9 Å². The minimum absolute atomic E-state index is 0.0925. The Bertz CT molecular complexity index is 3290. The summed E-state index contributed by atoms with van der Waals surface area (Å²) in [6.07, 6.45) is 2.14. The molecular weight excluding hydrogens is 673 g/mol. The van der Waals surface area contributed by atoms with Gasteiger partial charge in [-0.3, -0.25) is 0 Å². The molecule has 12 rings (SSSR count). The van der Waals surface area contributed by atoms with E-state index in [4.69, 9.17) is 4.74 Å². The number of aryl methyl sites for hydroxylation is 1. The number of ether oxygens (including phenoxy) is 1. The highest BCUT2D eigenvalue weighted by atomic mass is 16.5. The maximum atomic E-state index is 6.85. The molecule has 2 aliphatic rings. The van der Waals surface area contributed by atoms with Gasteiger partial charge < -0.3 is 4.74 Å². The smallest absolute Gasteiger partial charge is 0.294 e. The van der Waals surface area contributed by atoms with Crippen molar-refractivity contribution in [3.05, 3.63) is 180 Å². The van der Waals surface area contributed by atoms with Gasteiger partial charge in [0, 0.05) is 12.3 Å². The second-order valence-corrected chi connectivity index (χ2v) is 15.0. The summed E-state index contributed by atoms with van der Waals surface area (Å²) in [6.45, 7) is 4.58. The molecule has 5 heteroatoms. The minimum atomic E-state index is -0.0925. The van der Waals surface area contributed by atoms with E-state index in [1.807, 2.05) is 0 Å². The van der Waals surface area contributed by atoms with E-state index in [2.05, 4.69) is 197 Å². The molecule has 1 atom stereocenters. The third-order valence-electron chi connectivity index (χ3n) is 12.2. The van der Waals surface area contributed by atoms with Crippen molar-refractivity contribution in [3.63, 3.8) is 0 Å². The molecule has 2 aliphatic heterocycles. The number of fused-ring (bicyclic) bond motifs is 10. The lowest BCUT2D eigenvalue weighted by Gasteiger charge is -2.23. The summed E-state index contributed by atoms with van der Waals surface area (Å²) in [7, 11) is 2.14. The first-order chi connectivity index (χ1) is 27.1. The molecule has 0 radical (unpaired) electrons. The molecule has 1 unspecified atom stereocenters. The maximum Gasteiger partial charge on any atom is 0.294 e. The van der Waals surface area contributed by atoms with Gasteiger partial charge in [-0.2, -0.15) is 4.57 Å². The van der Waals surface area contributed by atoms with Gasteiger partial charge >= 0.3 is 0 Å². The summed E-state index contributed by atoms with van der Waals surface area (Å²) in [5.74, 6) is 1.81. The number of nitrogens with zero attached hydrogens (tertiary/aromatic N) is 4. The summed E-state index contributed by atoms with van der Waals surface area (Å²) in [4.78, 5) is 0. The molecule has 0 N–H and O–H groups in total. The molecule has 10 aromatic rings. The second kappa shape index (κ2) is 11.0. The molecular formula is C50H36N4O+2. The molecule has 260 valence electrons. The van der Waals surface area contributed by atoms with Crippen LogP contribution in [0.5, 0.6) is 11.5 Å². The van der Waals surface area contributed by atoms with Gasteiger partial charge in [-0.15, -0.1) is 4.68 Å². The summed E-state index contributed by atoms with van der Waals surface area (Å²) < 4.78 is 16.5. The van der Waals surface area contributed by atoms with Crippen LogP contribution in [0.3, 0.4) is 0 Å². The molecule has 7 aromatic carbocycles. The predicted molar refractivity (Wildman–Crippen MR) is 221 cm³/mol. The van der Waals surface area contributed by atoms with Crippen LogP contribution >= 0.6 is 0 Å². The number of pyridine rings is 1. The van der Waals surface area contributed by atoms with E-state index in [1.165, 1.54) is 88.3 Å². The quantitative estimate of drug-likeness (QED) is 0.168. The number of rotatable bonds is 3. The van der Waals surface area contributed by atoms with Gasteiger partial charge in [0.05, 0.1) is 35.5 Å². The van der Waals surface area contributed by atoms with Gasteiger partial charge in [0.2, 0.25) is 11.7 Å². The Morgan fingerprint density at radius 2 is 1.13 bits per heavy atom. The number of hydrogen-bond donors (Lipinski definition) is 0. The van der Waals surface area contributed by atoms with Crippen molar-refractivity contribution >= 4 is 43.5 Å². The Morgan fingerprint density at radius 1 is 0.527 bits per heavy atom. The highest BCUT2D eigenvalue weighted by molar-refractivity contribution is 6.10. The van der Waals surface area contributed by atoms with Crippen LogP contribution in [0.4, 0.5) is 0 Å². The Labute approximate surface area is 318 Å². The zero-order valence-corrected chi connectivity index (χ0v) is 30.8. The van der Waals surface area contributed by atoms with Gasteiger partial charge in [-0.1, -0.05) is 108 Å². The molecule has 55 heavy (non-hydrogen) atoms. The molecule has 0 aliphatic carbocycles. The Balaban J connectivity index is 1.12. The standard InChI is InChI=1S/C50H36N4O/c1-30-46(39-28-27-37(35-17-6-7-18-36(35)39)34-20-10-15-32-14-4-5-16-33(32)34)31(2)54-49-47-42(23-11-25-44(47)55-45-26-12-24-43(48(45)49)53(30)54)52-41-22-9-8-19-38(41)40-21-13-29-51(3)50(40)52/h4-29,49H,1-3H3/q+2. The zero-order chi connectivity index (χ0) is 36.5. The van der Waals surface area contributed by atoms with Crippen molar-refractivity contribution in [2.24, 2.45) is 7.05 Å². The van der Waals surface area contributed by atoms with Gasteiger partial charge in [0.15, 0.2) is 0 Å². The number of hydrogen-bond acceptors (Lipinski definition) is 1. The van der Waals surface area contributed by atoms with E-state index in [0.717, 1.165) is 22.8 Å². The maximum absolute atomic E-state index is 6.85. The van der Waals surface area contributed by atoms with Gasteiger partial charge in [-0.05, 0) is 93.7 Å². The SMILES string of the molecule is Cc1c(-c2ccc(-c3cccc4ccccc34)c3ccccc23)c(C)[n+]2n1-c1cccc3c1C2c1c(cccc1-n1c2ccccc2c2ccc[n+](C)c21)O3. The summed E-state index contributed by atoms with van der Waals surface area (Å²) in [5.41, 5.74) is 14.5. The fourth-order valence-corrected chi connectivity index (χ4v) is 10.0. The summed E-state index contributed by atoms with van der Waals surface area (Å²) in [5, 5.41) is 7.50. The van der Waals surface area contributed by atoms with Gasteiger partial charge in [0.25, 0.3) is 5.65 Å². The lowest BCUT2D eigenvalue weighted by molar-refractivity contribution is -0.771. The lowest BCUT2D eigenvalue weighted by Crippen LogP contribution is -2.46. The van der Waals surface area contributed by atoms with Crippen molar-refractivity contribution in [1.82, 2.24) is 9.25 Å². The largest absolute Gasteiger partial charge is 0.456 e. The first kappa shape index (κ1) is 30.5. The van der Waals surface area contributed by atoms with Gasteiger partial charge in [0.1, 0.15) is 34.0 Å². The first-order valence-electron chi connectivity index (χ1n) is 19.0. The number of aromatic nitrogens is 4. The van der Waals surface area contributed by atoms with E-state index in [1.54, 1.807) is 0 Å². The Kier molecular flexibility index (Phi) is 6.11. The van der Waals surface area contributed by atoms with Crippen LogP contribution in [-0.4, -0.2) is 9.25 Å². The average molecular weight is 709 g/mol. The molecule has 0 saturated heterocycles.